The van der Waals surface area contributed by atoms with E-state index in [1.165, 1.54) is 27.7 Å². The van der Waals surface area contributed by atoms with Crippen molar-refractivity contribution in [3.63, 3.8) is 0 Å². The predicted octanol–water partition coefficient (Wildman–Crippen LogP) is 5.76. The van der Waals surface area contributed by atoms with Gasteiger partial charge in [-0.05, 0) is 70.9 Å². The Hall–Kier alpha value is -2.62. The van der Waals surface area contributed by atoms with Gasteiger partial charge in [-0.15, -0.1) is 0 Å². The van der Waals surface area contributed by atoms with E-state index < -0.39 is 0 Å². The first-order valence-electron chi connectivity index (χ1n) is 9.31. The summed E-state index contributed by atoms with van der Waals surface area (Å²) in [6, 6.07) is 0. The Morgan fingerprint density at radius 3 is 1.37 bits per heavy atom. The lowest BCUT2D eigenvalue weighted by molar-refractivity contribution is -0.114. The first-order chi connectivity index (χ1) is 12.8. The number of aliphatic hydroxyl groups excluding tert-OH is 2. The zero-order chi connectivity index (χ0) is 20.4. The fourth-order valence-corrected chi connectivity index (χ4v) is 3.09. The third kappa shape index (κ3) is 7.26. The van der Waals surface area contributed by atoms with Gasteiger partial charge in [0.2, 0.25) is 0 Å². The molecule has 0 aromatic carbocycles. The van der Waals surface area contributed by atoms with Crippen molar-refractivity contribution in [3.8, 4) is 0 Å². The van der Waals surface area contributed by atoms with Gasteiger partial charge in [-0.25, -0.2) is 0 Å². The van der Waals surface area contributed by atoms with Crippen LogP contribution in [0.4, 0.5) is 0 Å². The SMILES string of the molecule is CC(=O)C(=C(/C)O)/C1=C/CC/C=C(/C(C(C)=O)=C(\C)O)\C=C/CCC/C=C\1. The fraction of sp³-hybridized carbons (Fsp3) is 0.391. The quantitative estimate of drug-likeness (QED) is 0.487. The number of ketones is 2. The number of hydrogen-bond acceptors (Lipinski definition) is 4. The molecule has 0 atom stereocenters. The second kappa shape index (κ2) is 11.2. The van der Waals surface area contributed by atoms with Crippen LogP contribution in [0.25, 0.3) is 0 Å². The summed E-state index contributed by atoms with van der Waals surface area (Å²) in [6.07, 6.45) is 15.5. The third-order valence-electron chi connectivity index (χ3n) is 4.24. The summed E-state index contributed by atoms with van der Waals surface area (Å²) in [6.45, 7) is 5.92. The number of hydrogen-bond donors (Lipinski definition) is 2. The van der Waals surface area contributed by atoms with Crippen LogP contribution in [-0.2, 0) is 9.59 Å². The second-order valence-electron chi connectivity index (χ2n) is 6.67. The van der Waals surface area contributed by atoms with Crippen LogP contribution in [0, 0.1) is 0 Å². The lowest BCUT2D eigenvalue weighted by Crippen LogP contribution is -2.03. The summed E-state index contributed by atoms with van der Waals surface area (Å²) in [7, 11) is 0. The van der Waals surface area contributed by atoms with Crippen molar-refractivity contribution >= 4 is 11.6 Å². The standard InChI is InChI=1S/C23H30O4/c1-16(24)22(17(2)25)20-12-8-6-5-7-9-13-21(15-11-10-14-20)23(18(3)26)19(4)27/h8-9,12-15,24,26H,5-7,10-11H2,1-4H3/b12-8-,13-9-,20-14+,21-15+,22-16+,23-18+. The summed E-state index contributed by atoms with van der Waals surface area (Å²) in [5.41, 5.74) is 2.09. The van der Waals surface area contributed by atoms with Crippen molar-refractivity contribution in [2.45, 2.75) is 59.8 Å². The average molecular weight is 370 g/mol. The molecule has 146 valence electrons. The number of rotatable bonds is 4. The summed E-state index contributed by atoms with van der Waals surface area (Å²) < 4.78 is 0. The topological polar surface area (TPSA) is 74.6 Å². The van der Waals surface area contributed by atoms with Gasteiger partial charge in [0.15, 0.2) is 11.6 Å². The number of allylic oxidation sites excluding steroid dienone is 12. The van der Waals surface area contributed by atoms with Crippen LogP contribution in [0.15, 0.2) is 70.3 Å². The molecule has 0 bridgehead atoms. The summed E-state index contributed by atoms with van der Waals surface area (Å²) in [4.78, 5) is 23.8. The van der Waals surface area contributed by atoms with Crippen LogP contribution in [0.2, 0.25) is 0 Å². The zero-order valence-corrected chi connectivity index (χ0v) is 16.7. The van der Waals surface area contributed by atoms with Gasteiger partial charge in [0.1, 0.15) is 11.5 Å². The first-order valence-corrected chi connectivity index (χ1v) is 9.31. The van der Waals surface area contributed by atoms with Gasteiger partial charge in [0.25, 0.3) is 0 Å². The molecular formula is C23H30O4. The molecule has 0 amide bonds. The maximum Gasteiger partial charge on any atom is 0.163 e. The molecule has 0 aromatic heterocycles. The minimum Gasteiger partial charge on any atom is -0.512 e. The van der Waals surface area contributed by atoms with Crippen LogP contribution in [0.1, 0.15) is 59.8 Å². The van der Waals surface area contributed by atoms with Crippen molar-refractivity contribution in [2.24, 2.45) is 0 Å². The van der Waals surface area contributed by atoms with Crippen molar-refractivity contribution < 1.29 is 19.8 Å². The molecule has 1 aliphatic rings. The molecule has 4 nitrogen and oxygen atoms in total. The number of carbonyl (C=O) groups excluding carboxylic acids is 2. The predicted molar refractivity (Wildman–Crippen MR) is 110 cm³/mol. The van der Waals surface area contributed by atoms with Crippen LogP contribution in [0.3, 0.4) is 0 Å². The van der Waals surface area contributed by atoms with E-state index in [0.29, 0.717) is 35.1 Å². The minimum atomic E-state index is -0.175. The molecule has 0 spiro atoms. The van der Waals surface area contributed by atoms with E-state index in [4.69, 9.17) is 0 Å². The molecule has 1 rings (SSSR count). The van der Waals surface area contributed by atoms with Crippen LogP contribution in [0.5, 0.6) is 0 Å². The molecular weight excluding hydrogens is 340 g/mol. The van der Waals surface area contributed by atoms with Crippen molar-refractivity contribution in [2.75, 3.05) is 0 Å². The Balaban J connectivity index is 3.27. The van der Waals surface area contributed by atoms with Crippen LogP contribution < -0.4 is 0 Å². The highest BCUT2D eigenvalue weighted by molar-refractivity contribution is 5.99. The Morgan fingerprint density at radius 2 is 1.07 bits per heavy atom. The Kier molecular flexibility index (Phi) is 9.27. The van der Waals surface area contributed by atoms with E-state index in [1.54, 1.807) is 0 Å². The van der Waals surface area contributed by atoms with Crippen molar-refractivity contribution in [1.29, 1.82) is 0 Å². The summed E-state index contributed by atoms with van der Waals surface area (Å²) in [5, 5.41) is 19.8. The highest BCUT2D eigenvalue weighted by Gasteiger charge is 2.13. The maximum atomic E-state index is 11.9. The molecule has 0 fully saturated rings. The molecule has 0 saturated heterocycles. The maximum absolute atomic E-state index is 11.9. The van der Waals surface area contributed by atoms with Gasteiger partial charge in [0.05, 0.1) is 11.1 Å². The molecule has 0 radical (unpaired) electrons. The normalized spacial score (nSPS) is 24.3. The summed E-state index contributed by atoms with van der Waals surface area (Å²) in [5.74, 6) is -0.326. The van der Waals surface area contributed by atoms with E-state index in [1.807, 2.05) is 36.5 Å². The second-order valence-corrected chi connectivity index (χ2v) is 6.67. The Morgan fingerprint density at radius 1 is 0.704 bits per heavy atom. The number of Topliss-reactive ketones (excluding diaryl/α,β-unsaturated/α-hetero) is 2. The highest BCUT2D eigenvalue weighted by atomic mass is 16.3. The summed E-state index contributed by atoms with van der Waals surface area (Å²) >= 11 is 0. The number of carbonyl (C=O) groups is 2. The monoisotopic (exact) mass is 370 g/mol. The van der Waals surface area contributed by atoms with Gasteiger partial charge in [-0.3, -0.25) is 9.59 Å². The van der Waals surface area contributed by atoms with E-state index >= 15 is 0 Å². The molecule has 0 unspecified atom stereocenters. The molecule has 1 aliphatic carbocycles. The minimum absolute atomic E-state index is 0.0123. The van der Waals surface area contributed by atoms with E-state index in [0.717, 1.165) is 19.3 Å². The first kappa shape index (κ1) is 22.4. The van der Waals surface area contributed by atoms with E-state index in [9.17, 15) is 19.8 Å². The Bertz CT molecular complexity index is 683. The number of aliphatic hydroxyl groups is 2. The molecule has 0 heterocycles. The molecule has 0 aromatic rings. The van der Waals surface area contributed by atoms with Crippen molar-refractivity contribution in [3.05, 3.63) is 70.3 Å². The van der Waals surface area contributed by atoms with Crippen LogP contribution in [-0.4, -0.2) is 21.8 Å². The lowest BCUT2D eigenvalue weighted by Gasteiger charge is -2.08. The van der Waals surface area contributed by atoms with Crippen molar-refractivity contribution in [1.82, 2.24) is 0 Å². The molecule has 2 N–H and O–H groups in total. The molecule has 0 saturated carbocycles. The lowest BCUT2D eigenvalue weighted by atomic mass is 9.97. The zero-order valence-electron chi connectivity index (χ0n) is 16.7. The molecule has 27 heavy (non-hydrogen) atoms. The van der Waals surface area contributed by atoms with Gasteiger partial charge in [-0.1, -0.05) is 36.5 Å². The van der Waals surface area contributed by atoms with E-state index in [2.05, 4.69) is 0 Å². The average Bonchev–Trinajstić information content (AvgIpc) is 2.56. The Labute approximate surface area is 162 Å². The van der Waals surface area contributed by atoms with Gasteiger partial charge >= 0.3 is 0 Å². The smallest absolute Gasteiger partial charge is 0.163 e. The van der Waals surface area contributed by atoms with Gasteiger partial charge < -0.3 is 10.2 Å². The molecule has 0 aliphatic heterocycles. The highest BCUT2D eigenvalue weighted by Crippen LogP contribution is 2.22. The van der Waals surface area contributed by atoms with Gasteiger partial charge in [0, 0.05) is 0 Å². The van der Waals surface area contributed by atoms with Gasteiger partial charge in [-0.2, -0.15) is 0 Å². The van der Waals surface area contributed by atoms with E-state index in [-0.39, 0.29) is 23.1 Å². The largest absolute Gasteiger partial charge is 0.512 e. The van der Waals surface area contributed by atoms with Crippen LogP contribution >= 0.6 is 0 Å². The molecule has 4 heteroatoms. The third-order valence-corrected chi connectivity index (χ3v) is 4.24. The fourth-order valence-electron chi connectivity index (χ4n) is 3.09.